The predicted octanol–water partition coefficient (Wildman–Crippen LogP) is 2.86. The van der Waals surface area contributed by atoms with E-state index in [2.05, 4.69) is 5.10 Å². The molecular formula is C17H12ClN2O2-. The van der Waals surface area contributed by atoms with E-state index in [-0.39, 0.29) is 5.69 Å². The summed E-state index contributed by atoms with van der Waals surface area (Å²) in [6.45, 7) is 1.93. The normalized spacial score (nSPS) is 10.6. The highest BCUT2D eigenvalue weighted by atomic mass is 35.5. The fourth-order valence-corrected chi connectivity index (χ4v) is 2.52. The maximum absolute atomic E-state index is 11.4. The zero-order chi connectivity index (χ0) is 15.7. The third-order valence-corrected chi connectivity index (χ3v) is 3.64. The van der Waals surface area contributed by atoms with Crippen molar-refractivity contribution in [3.8, 4) is 16.9 Å². The summed E-state index contributed by atoms with van der Waals surface area (Å²) in [5.74, 6) is -1.28. The summed E-state index contributed by atoms with van der Waals surface area (Å²) in [5, 5.41) is 16.3. The quantitative estimate of drug-likeness (QED) is 0.747. The zero-order valence-electron chi connectivity index (χ0n) is 11.8. The van der Waals surface area contributed by atoms with Crippen LogP contribution in [0.15, 0.2) is 54.6 Å². The van der Waals surface area contributed by atoms with Crippen LogP contribution in [0, 0.1) is 6.92 Å². The molecule has 2 aromatic carbocycles. The van der Waals surface area contributed by atoms with Gasteiger partial charge < -0.3 is 9.90 Å². The molecule has 0 aliphatic carbocycles. The molecule has 5 heteroatoms. The van der Waals surface area contributed by atoms with Crippen LogP contribution < -0.4 is 5.11 Å². The summed E-state index contributed by atoms with van der Waals surface area (Å²) in [4.78, 5) is 11.4. The Morgan fingerprint density at radius 3 is 2.59 bits per heavy atom. The van der Waals surface area contributed by atoms with E-state index in [1.165, 1.54) is 10.7 Å². The molecule has 110 valence electrons. The van der Waals surface area contributed by atoms with Gasteiger partial charge in [0, 0.05) is 5.56 Å². The Balaban J connectivity index is 2.19. The Hall–Kier alpha value is -2.59. The monoisotopic (exact) mass is 311 g/mol. The van der Waals surface area contributed by atoms with Gasteiger partial charge in [-0.25, -0.2) is 4.68 Å². The molecule has 0 atom stereocenters. The second-order valence-electron chi connectivity index (χ2n) is 4.93. The van der Waals surface area contributed by atoms with Gasteiger partial charge in [0.15, 0.2) is 0 Å². The fourth-order valence-electron chi connectivity index (χ4n) is 2.28. The molecule has 4 nitrogen and oxygen atoms in total. The summed E-state index contributed by atoms with van der Waals surface area (Å²) in [5.41, 5.74) is 2.83. The van der Waals surface area contributed by atoms with Crippen molar-refractivity contribution in [2.75, 3.05) is 0 Å². The molecular weight excluding hydrogens is 300 g/mol. The largest absolute Gasteiger partial charge is 0.543 e. The molecule has 0 saturated heterocycles. The minimum absolute atomic E-state index is 0.0134. The Morgan fingerprint density at radius 2 is 1.91 bits per heavy atom. The number of rotatable bonds is 3. The first-order valence-corrected chi connectivity index (χ1v) is 7.07. The molecule has 1 aromatic heterocycles. The van der Waals surface area contributed by atoms with Crippen LogP contribution >= 0.6 is 11.6 Å². The van der Waals surface area contributed by atoms with Crippen molar-refractivity contribution in [3.05, 3.63) is 70.9 Å². The highest BCUT2D eigenvalue weighted by Crippen LogP contribution is 2.28. The topological polar surface area (TPSA) is 58.0 Å². The molecule has 3 aromatic rings. The van der Waals surface area contributed by atoms with Crippen molar-refractivity contribution in [1.29, 1.82) is 0 Å². The van der Waals surface area contributed by atoms with Crippen molar-refractivity contribution >= 4 is 17.6 Å². The number of hydrogen-bond donors (Lipinski definition) is 0. The molecule has 0 radical (unpaired) electrons. The van der Waals surface area contributed by atoms with E-state index in [0.29, 0.717) is 22.0 Å². The average Bonchev–Trinajstić information content (AvgIpc) is 2.93. The van der Waals surface area contributed by atoms with Crippen molar-refractivity contribution in [2.24, 2.45) is 0 Å². The summed E-state index contributed by atoms with van der Waals surface area (Å²) >= 11 is 6.16. The maximum Gasteiger partial charge on any atom is 0.0949 e. The zero-order valence-corrected chi connectivity index (χ0v) is 12.5. The van der Waals surface area contributed by atoms with Crippen molar-refractivity contribution in [3.63, 3.8) is 0 Å². The summed E-state index contributed by atoms with van der Waals surface area (Å²) in [6.07, 6.45) is 0. The molecule has 0 amide bonds. The summed E-state index contributed by atoms with van der Waals surface area (Å²) in [7, 11) is 0. The van der Waals surface area contributed by atoms with Crippen LogP contribution in [0.3, 0.4) is 0 Å². The van der Waals surface area contributed by atoms with Gasteiger partial charge in [-0.05, 0) is 36.8 Å². The van der Waals surface area contributed by atoms with Gasteiger partial charge >= 0.3 is 0 Å². The average molecular weight is 312 g/mol. The molecule has 0 fully saturated rings. The van der Waals surface area contributed by atoms with Gasteiger partial charge in [-0.3, -0.25) is 0 Å². The van der Waals surface area contributed by atoms with E-state index in [1.54, 1.807) is 18.2 Å². The highest BCUT2D eigenvalue weighted by Gasteiger charge is 2.13. The number of carboxylic acids is 1. The molecule has 0 saturated carbocycles. The van der Waals surface area contributed by atoms with Crippen LogP contribution in [-0.2, 0) is 0 Å². The molecule has 0 aliphatic heterocycles. The van der Waals surface area contributed by atoms with Crippen LogP contribution in [-0.4, -0.2) is 15.7 Å². The van der Waals surface area contributed by atoms with Gasteiger partial charge in [-0.2, -0.15) is 5.10 Å². The number of aromatic carboxylic acids is 1. The first kappa shape index (κ1) is 14.4. The molecule has 3 rings (SSSR count). The van der Waals surface area contributed by atoms with Crippen molar-refractivity contribution < 1.29 is 9.90 Å². The molecule has 1 heterocycles. The number of nitrogens with zero attached hydrogens (tertiary/aromatic N) is 2. The van der Waals surface area contributed by atoms with Crippen LogP contribution in [0.1, 0.15) is 16.1 Å². The van der Waals surface area contributed by atoms with E-state index in [1.807, 2.05) is 37.3 Å². The Bertz CT molecular complexity index is 855. The summed E-state index contributed by atoms with van der Waals surface area (Å²) in [6, 6.07) is 16.1. The van der Waals surface area contributed by atoms with Crippen molar-refractivity contribution in [1.82, 2.24) is 9.78 Å². The van der Waals surface area contributed by atoms with E-state index in [0.717, 1.165) is 5.56 Å². The lowest BCUT2D eigenvalue weighted by Gasteiger charge is -2.08. The van der Waals surface area contributed by atoms with Crippen LogP contribution in [0.5, 0.6) is 0 Å². The number of aromatic nitrogens is 2. The van der Waals surface area contributed by atoms with E-state index in [9.17, 15) is 9.90 Å². The number of carbonyl (C=O) groups is 1. The lowest BCUT2D eigenvalue weighted by atomic mass is 10.1. The number of carbonyl (C=O) groups excluding carboxylic acids is 1. The summed E-state index contributed by atoms with van der Waals surface area (Å²) < 4.78 is 1.36. The van der Waals surface area contributed by atoms with Crippen LogP contribution in [0.2, 0.25) is 5.02 Å². The second kappa shape index (κ2) is 5.66. The van der Waals surface area contributed by atoms with Gasteiger partial charge in [0.1, 0.15) is 0 Å². The number of aryl methyl sites for hydroxylation is 1. The third-order valence-electron chi connectivity index (χ3n) is 3.31. The van der Waals surface area contributed by atoms with Crippen molar-refractivity contribution in [2.45, 2.75) is 6.92 Å². The van der Waals surface area contributed by atoms with Crippen LogP contribution in [0.25, 0.3) is 16.9 Å². The van der Waals surface area contributed by atoms with E-state index >= 15 is 0 Å². The highest BCUT2D eigenvalue weighted by molar-refractivity contribution is 6.33. The Labute approximate surface area is 132 Å². The second-order valence-corrected chi connectivity index (χ2v) is 5.34. The first-order chi connectivity index (χ1) is 10.6. The number of benzene rings is 2. The minimum atomic E-state index is -1.28. The van der Waals surface area contributed by atoms with E-state index in [4.69, 9.17) is 11.6 Å². The molecule has 0 bridgehead atoms. The smallest absolute Gasteiger partial charge is 0.0949 e. The lowest BCUT2D eigenvalue weighted by molar-refractivity contribution is -0.255. The molecule has 0 N–H and O–H groups in total. The first-order valence-electron chi connectivity index (χ1n) is 6.69. The van der Waals surface area contributed by atoms with Gasteiger partial charge in [0.25, 0.3) is 0 Å². The third kappa shape index (κ3) is 2.61. The van der Waals surface area contributed by atoms with E-state index < -0.39 is 5.97 Å². The molecule has 22 heavy (non-hydrogen) atoms. The van der Waals surface area contributed by atoms with Gasteiger partial charge in [-0.1, -0.05) is 41.9 Å². The molecule has 0 unspecified atom stereocenters. The van der Waals surface area contributed by atoms with Gasteiger partial charge in [-0.15, -0.1) is 0 Å². The Kier molecular flexibility index (Phi) is 3.69. The molecule has 0 spiro atoms. The lowest BCUT2D eigenvalue weighted by Crippen LogP contribution is -2.25. The minimum Gasteiger partial charge on any atom is -0.543 e. The number of hydrogen-bond acceptors (Lipinski definition) is 3. The predicted molar refractivity (Wildman–Crippen MR) is 83.1 cm³/mol. The van der Waals surface area contributed by atoms with Gasteiger partial charge in [0.2, 0.25) is 0 Å². The van der Waals surface area contributed by atoms with Crippen LogP contribution in [0.4, 0.5) is 0 Å². The molecule has 0 aliphatic rings. The fraction of sp³-hybridized carbons (Fsp3) is 0.0588. The maximum atomic E-state index is 11.4. The van der Waals surface area contributed by atoms with Gasteiger partial charge in [0.05, 0.1) is 28.1 Å². The standard InChI is InChI=1S/C17H13ClN2O2/c1-11-5-4-6-12(9-11)20-16(17(21)22)10-15(19-20)13-7-2-3-8-14(13)18/h2-10H,1H3,(H,21,22)/p-1. The SMILES string of the molecule is Cc1cccc(-n2nc(-c3ccccc3Cl)cc2C(=O)[O-])c1. The number of carboxylic acid groups (broad SMARTS) is 1. The number of halogens is 1. The Morgan fingerprint density at radius 1 is 1.14 bits per heavy atom.